The summed E-state index contributed by atoms with van der Waals surface area (Å²) in [6.45, 7) is 18.9. The number of esters is 3. The maximum atomic E-state index is 15.2. The lowest BCUT2D eigenvalue weighted by Gasteiger charge is -2.70. The van der Waals surface area contributed by atoms with Crippen LogP contribution in [-0.2, 0) is 44.7 Å². The average Bonchev–Trinajstić information content (AvgIpc) is 3.03. The molecule has 0 N–H and O–H groups in total. The lowest BCUT2D eigenvalue weighted by molar-refractivity contribution is -0.261. The monoisotopic (exact) mass is 676 g/mol. The van der Waals surface area contributed by atoms with Gasteiger partial charge < -0.3 is 18.9 Å². The van der Waals surface area contributed by atoms with Crippen LogP contribution in [0.3, 0.4) is 0 Å². The minimum atomic E-state index is -1.00. The van der Waals surface area contributed by atoms with Crippen LogP contribution in [0.5, 0.6) is 0 Å². The normalized spacial score (nSPS) is 41.7. The summed E-state index contributed by atoms with van der Waals surface area (Å²) >= 11 is 0. The first-order chi connectivity index (χ1) is 23.0. The Morgan fingerprint density at radius 2 is 1.59 bits per heavy atom. The number of fused-ring (bicyclic) bond motifs is 3. The zero-order valence-corrected chi connectivity index (χ0v) is 30.9. The van der Waals surface area contributed by atoms with Crippen LogP contribution in [0.4, 0.5) is 0 Å². The summed E-state index contributed by atoms with van der Waals surface area (Å²) in [7, 11) is 0. The third-order valence-electron chi connectivity index (χ3n) is 14.8. The van der Waals surface area contributed by atoms with Crippen LogP contribution in [-0.4, -0.2) is 49.1 Å². The van der Waals surface area contributed by atoms with Crippen molar-refractivity contribution in [1.29, 1.82) is 0 Å². The largest absolute Gasteiger partial charge is 0.461 e. The van der Waals surface area contributed by atoms with E-state index in [0.717, 1.165) is 36.8 Å². The van der Waals surface area contributed by atoms with E-state index < -0.39 is 57.1 Å². The number of ketones is 1. The fraction of sp³-hybridized carbons (Fsp3) is 0.707. The Balaban J connectivity index is 1.46. The molecule has 1 saturated heterocycles. The summed E-state index contributed by atoms with van der Waals surface area (Å²) in [6.07, 6.45) is 4.28. The predicted octanol–water partition coefficient (Wildman–Crippen LogP) is 7.28. The first-order valence-corrected chi connectivity index (χ1v) is 18.3. The minimum absolute atomic E-state index is 0.0176. The van der Waals surface area contributed by atoms with Gasteiger partial charge in [-0.1, -0.05) is 84.4 Å². The second-order valence-electron chi connectivity index (χ2n) is 17.4. The van der Waals surface area contributed by atoms with E-state index in [-0.39, 0.29) is 36.1 Å². The topological polar surface area (TPSA) is 105 Å². The summed E-state index contributed by atoms with van der Waals surface area (Å²) in [5.74, 6) is -1.25. The van der Waals surface area contributed by atoms with E-state index in [1.807, 2.05) is 43.3 Å². The Morgan fingerprint density at radius 3 is 2.22 bits per heavy atom. The molecular formula is C41H56O8. The molecule has 0 amide bonds. The van der Waals surface area contributed by atoms with Crippen molar-refractivity contribution in [1.82, 2.24) is 0 Å². The number of allylic oxidation sites excluding steroid dienone is 1. The molecule has 2 unspecified atom stereocenters. The number of hydrogen-bond donors (Lipinski definition) is 0. The number of rotatable bonds is 7. The molecule has 6 rings (SSSR count). The highest BCUT2D eigenvalue weighted by Gasteiger charge is 2.74. The van der Waals surface area contributed by atoms with Gasteiger partial charge in [-0.25, -0.2) is 0 Å². The van der Waals surface area contributed by atoms with Gasteiger partial charge in [-0.2, -0.15) is 0 Å². The molecule has 49 heavy (non-hydrogen) atoms. The summed E-state index contributed by atoms with van der Waals surface area (Å²) in [5.41, 5.74) is -1.19. The van der Waals surface area contributed by atoms with Crippen LogP contribution in [0.15, 0.2) is 42.0 Å². The quantitative estimate of drug-likeness (QED) is 0.219. The second kappa shape index (κ2) is 12.3. The van der Waals surface area contributed by atoms with Gasteiger partial charge >= 0.3 is 17.9 Å². The Kier molecular flexibility index (Phi) is 9.02. The summed E-state index contributed by atoms with van der Waals surface area (Å²) < 4.78 is 24.5. The van der Waals surface area contributed by atoms with Crippen molar-refractivity contribution >= 4 is 23.7 Å². The molecular weight excluding hydrogens is 620 g/mol. The second-order valence-corrected chi connectivity index (χ2v) is 17.4. The molecule has 1 aromatic rings. The van der Waals surface area contributed by atoms with Gasteiger partial charge in [0.15, 0.2) is 5.78 Å². The van der Waals surface area contributed by atoms with E-state index in [9.17, 15) is 14.4 Å². The van der Waals surface area contributed by atoms with Crippen LogP contribution in [0.25, 0.3) is 0 Å². The molecule has 1 heterocycles. The fourth-order valence-electron chi connectivity index (χ4n) is 11.9. The average molecular weight is 677 g/mol. The van der Waals surface area contributed by atoms with Gasteiger partial charge in [0.25, 0.3) is 0 Å². The summed E-state index contributed by atoms with van der Waals surface area (Å²) in [6, 6.07) is 9.72. The molecule has 3 saturated carbocycles. The van der Waals surface area contributed by atoms with Crippen molar-refractivity contribution in [2.75, 3.05) is 13.2 Å². The predicted molar refractivity (Wildman–Crippen MR) is 184 cm³/mol. The van der Waals surface area contributed by atoms with Crippen LogP contribution in [0, 0.1) is 56.7 Å². The molecule has 1 aliphatic heterocycles. The SMILES string of the molecule is CC(=O)OC1[C@H](OC(C)=O)C[C@@]23COCC1(C)[C@@H]2CC[C@H]1C3=CC(=O)[C@@]2(C)[C@H](C(=O)OCc3ccccc3)[C@@](C)([C@H](C)C(C)C)CC[C@]12C. The van der Waals surface area contributed by atoms with E-state index in [0.29, 0.717) is 25.6 Å². The van der Waals surface area contributed by atoms with Crippen molar-refractivity contribution in [2.24, 2.45) is 56.7 Å². The maximum absolute atomic E-state index is 15.2. The highest BCUT2D eigenvalue weighted by molar-refractivity contribution is 6.01. The van der Waals surface area contributed by atoms with E-state index in [2.05, 4.69) is 41.5 Å². The van der Waals surface area contributed by atoms with Crippen LogP contribution >= 0.6 is 0 Å². The van der Waals surface area contributed by atoms with Crippen molar-refractivity contribution in [2.45, 2.75) is 113 Å². The maximum Gasteiger partial charge on any atom is 0.310 e. The third kappa shape index (κ3) is 5.24. The zero-order chi connectivity index (χ0) is 35.7. The van der Waals surface area contributed by atoms with Gasteiger partial charge in [-0.05, 0) is 78.2 Å². The smallest absolute Gasteiger partial charge is 0.310 e. The molecule has 8 nitrogen and oxygen atoms in total. The molecule has 268 valence electrons. The first kappa shape index (κ1) is 35.8. The van der Waals surface area contributed by atoms with E-state index in [4.69, 9.17) is 18.9 Å². The summed E-state index contributed by atoms with van der Waals surface area (Å²) in [4.78, 5) is 54.6. The Bertz CT molecular complexity index is 1530. The van der Waals surface area contributed by atoms with Gasteiger partial charge in [0.1, 0.15) is 18.8 Å². The molecule has 4 fully saturated rings. The van der Waals surface area contributed by atoms with Crippen molar-refractivity contribution < 1.29 is 38.1 Å². The van der Waals surface area contributed by atoms with Crippen molar-refractivity contribution in [3.63, 3.8) is 0 Å². The lowest BCUT2D eigenvalue weighted by Crippen LogP contribution is -2.71. The fourth-order valence-corrected chi connectivity index (χ4v) is 11.9. The molecule has 5 aliphatic rings. The molecule has 8 heteroatoms. The third-order valence-corrected chi connectivity index (χ3v) is 14.8. The first-order valence-electron chi connectivity index (χ1n) is 18.3. The zero-order valence-electron chi connectivity index (χ0n) is 30.9. The number of carbonyl (C=O) groups excluding carboxylic acids is 4. The molecule has 0 radical (unpaired) electrons. The number of hydrogen-bond acceptors (Lipinski definition) is 8. The molecule has 4 aliphatic carbocycles. The van der Waals surface area contributed by atoms with Crippen LogP contribution < -0.4 is 0 Å². The van der Waals surface area contributed by atoms with Gasteiger partial charge in [0.05, 0.1) is 19.1 Å². The van der Waals surface area contributed by atoms with Crippen molar-refractivity contribution in [3.05, 3.63) is 47.5 Å². The molecule has 11 atom stereocenters. The Hall–Kier alpha value is -3.00. The van der Waals surface area contributed by atoms with Gasteiger partial charge in [0, 0.05) is 30.1 Å². The van der Waals surface area contributed by atoms with Crippen LogP contribution in [0.1, 0.15) is 100.0 Å². The number of carbonyl (C=O) groups is 4. The standard InChI is InChI=1S/C41H56O8/c1-24(2)25(3)37(6)17-18-39(8)29-15-16-32-38(7)22-46-23-41(32,20-31(48-26(4)42)35(38)49-27(5)43)30(29)19-33(44)40(39,9)34(37)36(45)47-21-28-13-11-10-12-14-28/h10-14,19,24-25,29,31-32,34-35H,15-18,20-23H2,1-9H3/t25-,29+,31-,32+,34-,35?,37-,38?,39-,40+,41+/m1/s1. The van der Waals surface area contributed by atoms with E-state index in [1.165, 1.54) is 13.8 Å². The Labute approximate surface area is 292 Å². The lowest BCUT2D eigenvalue weighted by atomic mass is 9.34. The highest BCUT2D eigenvalue weighted by Crippen LogP contribution is 2.74. The highest BCUT2D eigenvalue weighted by atomic mass is 16.6. The Morgan fingerprint density at radius 1 is 0.918 bits per heavy atom. The minimum Gasteiger partial charge on any atom is -0.461 e. The van der Waals surface area contributed by atoms with E-state index >= 15 is 4.79 Å². The number of ether oxygens (including phenoxy) is 4. The van der Waals surface area contributed by atoms with Gasteiger partial charge in [-0.3, -0.25) is 19.2 Å². The molecule has 0 spiro atoms. The molecule has 0 aromatic heterocycles. The van der Waals surface area contributed by atoms with Crippen LogP contribution in [0.2, 0.25) is 0 Å². The number of benzene rings is 1. The molecule has 1 aromatic carbocycles. The molecule has 2 bridgehead atoms. The van der Waals surface area contributed by atoms with Crippen molar-refractivity contribution in [3.8, 4) is 0 Å². The van der Waals surface area contributed by atoms with Gasteiger partial charge in [-0.15, -0.1) is 0 Å². The van der Waals surface area contributed by atoms with E-state index in [1.54, 1.807) is 0 Å². The summed E-state index contributed by atoms with van der Waals surface area (Å²) in [5, 5.41) is 0. The van der Waals surface area contributed by atoms with Gasteiger partial charge in [0.2, 0.25) is 0 Å².